The van der Waals surface area contributed by atoms with Crippen LogP contribution in [0.1, 0.15) is 32.0 Å². The zero-order valence-electron chi connectivity index (χ0n) is 14.3. The number of rotatable bonds is 5. The first-order valence-corrected chi connectivity index (χ1v) is 9.99. The molecule has 0 bridgehead atoms. The summed E-state index contributed by atoms with van der Waals surface area (Å²) in [5.74, 6) is 0.303. The first kappa shape index (κ1) is 17.0. The van der Waals surface area contributed by atoms with Gasteiger partial charge in [0.1, 0.15) is 6.33 Å². The van der Waals surface area contributed by atoms with Crippen molar-refractivity contribution in [2.45, 2.75) is 32.7 Å². The van der Waals surface area contributed by atoms with Crippen LogP contribution in [-0.4, -0.2) is 51.8 Å². The van der Waals surface area contributed by atoms with Crippen molar-refractivity contribution in [2.75, 3.05) is 19.3 Å². The van der Waals surface area contributed by atoms with E-state index in [4.69, 9.17) is 0 Å². The van der Waals surface area contributed by atoms with Crippen LogP contribution in [0.4, 0.5) is 0 Å². The summed E-state index contributed by atoms with van der Waals surface area (Å²) in [6.45, 7) is 5.33. The lowest BCUT2D eigenvalue weighted by atomic mass is 10.0. The Morgan fingerprint density at radius 2 is 2.12 bits per heavy atom. The Kier molecular flexibility index (Phi) is 4.69. The standard InChI is InChI=1S/C16H23N5O2S/c1-12(2)21-16(4-6-19-21)15-9-14(17-11-18-15)8-13-5-7-20(10-13)24(3,22)23/h4,6,9,11-13H,5,7-8,10H2,1-3H3. The molecule has 3 heterocycles. The van der Waals surface area contributed by atoms with E-state index in [2.05, 4.69) is 28.9 Å². The van der Waals surface area contributed by atoms with E-state index < -0.39 is 10.0 Å². The molecule has 1 atom stereocenters. The second-order valence-electron chi connectivity index (χ2n) is 6.63. The van der Waals surface area contributed by atoms with Gasteiger partial charge in [0.25, 0.3) is 0 Å². The number of hydrogen-bond donors (Lipinski definition) is 0. The molecule has 130 valence electrons. The number of aromatic nitrogens is 4. The Hall–Kier alpha value is -1.80. The van der Waals surface area contributed by atoms with E-state index in [0.29, 0.717) is 19.0 Å². The molecule has 0 N–H and O–H groups in total. The second kappa shape index (κ2) is 6.60. The molecule has 7 nitrogen and oxygen atoms in total. The fraction of sp³-hybridized carbons (Fsp3) is 0.562. The second-order valence-corrected chi connectivity index (χ2v) is 8.61. The van der Waals surface area contributed by atoms with Gasteiger partial charge in [0, 0.05) is 31.0 Å². The predicted octanol–water partition coefficient (Wildman–Crippen LogP) is 1.75. The van der Waals surface area contributed by atoms with E-state index in [0.717, 1.165) is 29.9 Å². The van der Waals surface area contributed by atoms with Gasteiger partial charge in [-0.3, -0.25) is 4.68 Å². The third kappa shape index (κ3) is 3.64. The van der Waals surface area contributed by atoms with Crippen LogP contribution in [0.2, 0.25) is 0 Å². The highest BCUT2D eigenvalue weighted by Gasteiger charge is 2.28. The van der Waals surface area contributed by atoms with Gasteiger partial charge in [-0.25, -0.2) is 22.7 Å². The fourth-order valence-electron chi connectivity index (χ4n) is 3.14. The molecular weight excluding hydrogens is 326 g/mol. The summed E-state index contributed by atoms with van der Waals surface area (Å²) in [7, 11) is -3.10. The quantitative estimate of drug-likeness (QED) is 0.821. The SMILES string of the molecule is CC(C)n1nccc1-c1cc(CC2CCN(S(C)(=O)=O)C2)ncn1. The molecule has 2 aromatic heterocycles. The largest absolute Gasteiger partial charge is 0.261 e. The van der Waals surface area contributed by atoms with E-state index >= 15 is 0 Å². The minimum absolute atomic E-state index is 0.256. The summed E-state index contributed by atoms with van der Waals surface area (Å²) in [4.78, 5) is 8.74. The monoisotopic (exact) mass is 349 g/mol. The van der Waals surface area contributed by atoms with Crippen LogP contribution in [0.5, 0.6) is 0 Å². The lowest BCUT2D eigenvalue weighted by Gasteiger charge is -2.14. The third-order valence-electron chi connectivity index (χ3n) is 4.36. The molecule has 0 radical (unpaired) electrons. The van der Waals surface area contributed by atoms with Gasteiger partial charge < -0.3 is 0 Å². The Labute approximate surface area is 142 Å². The van der Waals surface area contributed by atoms with Gasteiger partial charge in [-0.05, 0) is 44.7 Å². The average Bonchev–Trinajstić information content (AvgIpc) is 3.15. The lowest BCUT2D eigenvalue weighted by molar-refractivity contribution is 0.459. The van der Waals surface area contributed by atoms with Gasteiger partial charge in [-0.2, -0.15) is 5.10 Å². The van der Waals surface area contributed by atoms with E-state index in [-0.39, 0.29) is 6.04 Å². The molecule has 0 aromatic carbocycles. The molecule has 0 aliphatic carbocycles. The number of hydrogen-bond acceptors (Lipinski definition) is 5. The van der Waals surface area contributed by atoms with Gasteiger partial charge in [0.15, 0.2) is 0 Å². The molecule has 8 heteroatoms. The van der Waals surface area contributed by atoms with Crippen LogP contribution in [0.15, 0.2) is 24.7 Å². The Morgan fingerprint density at radius 3 is 2.79 bits per heavy atom. The van der Waals surface area contributed by atoms with E-state index in [9.17, 15) is 8.42 Å². The molecule has 1 aliphatic rings. The normalized spacial score (nSPS) is 19.2. The van der Waals surface area contributed by atoms with Crippen LogP contribution >= 0.6 is 0 Å². The van der Waals surface area contributed by atoms with Crippen molar-refractivity contribution in [3.05, 3.63) is 30.4 Å². The molecule has 0 spiro atoms. The zero-order chi connectivity index (χ0) is 17.3. The van der Waals surface area contributed by atoms with Crippen LogP contribution in [0.25, 0.3) is 11.4 Å². The van der Waals surface area contributed by atoms with Crippen LogP contribution < -0.4 is 0 Å². The van der Waals surface area contributed by atoms with Crippen molar-refractivity contribution in [3.63, 3.8) is 0 Å². The van der Waals surface area contributed by atoms with Gasteiger partial charge in [-0.15, -0.1) is 0 Å². The first-order valence-electron chi connectivity index (χ1n) is 8.14. The van der Waals surface area contributed by atoms with Crippen molar-refractivity contribution in [1.82, 2.24) is 24.1 Å². The minimum atomic E-state index is -3.10. The average molecular weight is 349 g/mol. The smallest absolute Gasteiger partial charge is 0.211 e. The Bertz CT molecular complexity index is 815. The molecule has 24 heavy (non-hydrogen) atoms. The van der Waals surface area contributed by atoms with Crippen LogP contribution in [-0.2, 0) is 16.4 Å². The Balaban J connectivity index is 1.76. The van der Waals surface area contributed by atoms with E-state index in [1.165, 1.54) is 6.26 Å². The molecule has 0 saturated carbocycles. The van der Waals surface area contributed by atoms with Gasteiger partial charge in [-0.1, -0.05) is 0 Å². The minimum Gasteiger partial charge on any atom is -0.261 e. The van der Waals surface area contributed by atoms with Crippen LogP contribution in [0, 0.1) is 5.92 Å². The summed E-state index contributed by atoms with van der Waals surface area (Å²) in [6.07, 6.45) is 6.25. The first-order chi connectivity index (χ1) is 11.3. The highest BCUT2D eigenvalue weighted by Crippen LogP contribution is 2.24. The molecule has 3 rings (SSSR count). The molecule has 1 saturated heterocycles. The highest BCUT2D eigenvalue weighted by atomic mass is 32.2. The Morgan fingerprint density at radius 1 is 1.33 bits per heavy atom. The van der Waals surface area contributed by atoms with Crippen molar-refractivity contribution in [1.29, 1.82) is 0 Å². The molecule has 2 aromatic rings. The maximum Gasteiger partial charge on any atom is 0.211 e. The summed E-state index contributed by atoms with van der Waals surface area (Å²) in [6, 6.07) is 4.19. The predicted molar refractivity (Wildman–Crippen MR) is 91.9 cm³/mol. The van der Waals surface area contributed by atoms with E-state index in [1.807, 2.05) is 16.8 Å². The number of nitrogens with zero attached hydrogens (tertiary/aromatic N) is 5. The van der Waals surface area contributed by atoms with Crippen molar-refractivity contribution < 1.29 is 8.42 Å². The molecule has 1 fully saturated rings. The van der Waals surface area contributed by atoms with Gasteiger partial charge >= 0.3 is 0 Å². The summed E-state index contributed by atoms with van der Waals surface area (Å²) >= 11 is 0. The third-order valence-corrected chi connectivity index (χ3v) is 5.63. The van der Waals surface area contributed by atoms with Crippen molar-refractivity contribution in [2.24, 2.45) is 5.92 Å². The summed E-state index contributed by atoms with van der Waals surface area (Å²) in [5.41, 5.74) is 2.76. The lowest BCUT2D eigenvalue weighted by Crippen LogP contribution is -2.27. The summed E-state index contributed by atoms with van der Waals surface area (Å²) < 4.78 is 26.8. The molecule has 0 amide bonds. The van der Waals surface area contributed by atoms with Gasteiger partial charge in [0.2, 0.25) is 10.0 Å². The number of sulfonamides is 1. The molecule has 1 aliphatic heterocycles. The molecule has 1 unspecified atom stereocenters. The van der Waals surface area contributed by atoms with Crippen LogP contribution in [0.3, 0.4) is 0 Å². The topological polar surface area (TPSA) is 81.0 Å². The molecular formula is C16H23N5O2S. The van der Waals surface area contributed by atoms with Gasteiger partial charge in [0.05, 0.1) is 17.6 Å². The van der Waals surface area contributed by atoms with E-state index in [1.54, 1.807) is 16.8 Å². The highest BCUT2D eigenvalue weighted by molar-refractivity contribution is 7.88. The zero-order valence-corrected chi connectivity index (χ0v) is 15.1. The van der Waals surface area contributed by atoms with Crippen molar-refractivity contribution in [3.8, 4) is 11.4 Å². The van der Waals surface area contributed by atoms with Crippen molar-refractivity contribution >= 4 is 10.0 Å². The fourth-order valence-corrected chi connectivity index (χ4v) is 4.06. The summed E-state index contributed by atoms with van der Waals surface area (Å²) in [5, 5.41) is 4.34. The maximum absolute atomic E-state index is 11.6. The maximum atomic E-state index is 11.6.